The maximum atomic E-state index is 12.8. The Hall–Kier alpha value is -1.85. The number of esters is 1. The fourth-order valence-electron chi connectivity index (χ4n) is 7.38. The van der Waals surface area contributed by atoms with E-state index in [1.807, 2.05) is 0 Å². The standard InChI is InChI=1S/C51H92O9/c1-3-5-7-9-11-13-15-17-19-20-21-22-23-24-25-27-29-31-33-35-37-39-41-57-43-45(44-58-51-50(56)49(55)48(54)46(42-52)60-51)59-47(53)40-38-36-34-32-30-28-26-18-16-14-12-10-8-6-4-2/h6,8,12,14,18,20-21,26,45-46,48-52,54-56H,3-5,7,9-11,13,15-17,19,22-25,27-44H2,1-2H3/b8-6-,14-12-,21-20-,26-18-. The van der Waals surface area contributed by atoms with Gasteiger partial charge in [0.25, 0.3) is 0 Å². The van der Waals surface area contributed by atoms with Crippen molar-refractivity contribution in [2.45, 2.75) is 243 Å². The van der Waals surface area contributed by atoms with Gasteiger partial charge in [0.15, 0.2) is 6.29 Å². The van der Waals surface area contributed by atoms with Gasteiger partial charge in [-0.2, -0.15) is 0 Å². The van der Waals surface area contributed by atoms with Crippen molar-refractivity contribution < 1.29 is 44.2 Å². The van der Waals surface area contributed by atoms with E-state index in [-0.39, 0.29) is 19.2 Å². The van der Waals surface area contributed by atoms with Gasteiger partial charge < -0.3 is 39.4 Å². The first-order valence-electron chi connectivity index (χ1n) is 24.7. The van der Waals surface area contributed by atoms with Crippen molar-refractivity contribution in [3.63, 3.8) is 0 Å². The molecule has 9 heteroatoms. The van der Waals surface area contributed by atoms with Gasteiger partial charge in [0.05, 0.1) is 19.8 Å². The van der Waals surface area contributed by atoms with Crippen molar-refractivity contribution >= 4 is 5.97 Å². The van der Waals surface area contributed by atoms with E-state index in [4.69, 9.17) is 18.9 Å². The van der Waals surface area contributed by atoms with E-state index >= 15 is 0 Å². The van der Waals surface area contributed by atoms with Gasteiger partial charge in [-0.05, 0) is 70.6 Å². The first-order chi connectivity index (χ1) is 29.4. The van der Waals surface area contributed by atoms with Gasteiger partial charge in [-0.25, -0.2) is 0 Å². The average molecular weight is 849 g/mol. The molecule has 9 nitrogen and oxygen atoms in total. The van der Waals surface area contributed by atoms with Gasteiger partial charge in [0.1, 0.15) is 30.5 Å². The van der Waals surface area contributed by atoms with Crippen LogP contribution in [0.15, 0.2) is 48.6 Å². The molecule has 60 heavy (non-hydrogen) atoms. The maximum Gasteiger partial charge on any atom is 0.306 e. The van der Waals surface area contributed by atoms with Crippen LogP contribution in [-0.4, -0.2) is 89.6 Å². The van der Waals surface area contributed by atoms with Crippen LogP contribution in [0.3, 0.4) is 0 Å². The summed E-state index contributed by atoms with van der Waals surface area (Å²) in [6, 6.07) is 0. The maximum absolute atomic E-state index is 12.8. The molecule has 0 aliphatic carbocycles. The molecule has 0 bridgehead atoms. The lowest BCUT2D eigenvalue weighted by Crippen LogP contribution is -2.59. The Kier molecular flexibility index (Phi) is 39.7. The largest absolute Gasteiger partial charge is 0.457 e. The molecular weight excluding hydrogens is 757 g/mol. The van der Waals surface area contributed by atoms with Crippen molar-refractivity contribution in [3.05, 3.63) is 48.6 Å². The average Bonchev–Trinajstić information content (AvgIpc) is 3.25. The number of allylic oxidation sites excluding steroid dienone is 8. The second-order valence-corrected chi connectivity index (χ2v) is 16.9. The molecule has 1 aliphatic rings. The van der Waals surface area contributed by atoms with E-state index < -0.39 is 43.4 Å². The molecule has 0 aromatic carbocycles. The molecule has 0 spiro atoms. The number of carbonyl (C=O) groups excluding carboxylic acids is 1. The third kappa shape index (κ3) is 32.8. The topological polar surface area (TPSA) is 135 Å². The Morgan fingerprint density at radius 2 is 1.02 bits per heavy atom. The van der Waals surface area contributed by atoms with Gasteiger partial charge >= 0.3 is 5.97 Å². The van der Waals surface area contributed by atoms with Crippen LogP contribution in [0.2, 0.25) is 0 Å². The summed E-state index contributed by atoms with van der Waals surface area (Å²) in [7, 11) is 0. The summed E-state index contributed by atoms with van der Waals surface area (Å²) >= 11 is 0. The Morgan fingerprint density at radius 3 is 1.55 bits per heavy atom. The van der Waals surface area contributed by atoms with E-state index in [0.29, 0.717) is 13.0 Å². The first-order valence-corrected chi connectivity index (χ1v) is 24.7. The quantitative estimate of drug-likeness (QED) is 0.0269. The predicted molar refractivity (Wildman–Crippen MR) is 247 cm³/mol. The number of rotatable bonds is 42. The molecule has 350 valence electrons. The van der Waals surface area contributed by atoms with Crippen molar-refractivity contribution in [2.24, 2.45) is 0 Å². The summed E-state index contributed by atoms with van der Waals surface area (Å²) in [4.78, 5) is 12.8. The van der Waals surface area contributed by atoms with Crippen molar-refractivity contribution in [2.75, 3.05) is 26.4 Å². The minimum Gasteiger partial charge on any atom is -0.457 e. The van der Waals surface area contributed by atoms with Crippen LogP contribution in [0.5, 0.6) is 0 Å². The lowest BCUT2D eigenvalue weighted by atomic mass is 9.99. The molecule has 0 saturated carbocycles. The Bertz CT molecular complexity index is 1060. The van der Waals surface area contributed by atoms with Gasteiger partial charge in [0.2, 0.25) is 0 Å². The van der Waals surface area contributed by atoms with Crippen LogP contribution in [0, 0.1) is 0 Å². The summed E-state index contributed by atoms with van der Waals surface area (Å²) in [5.41, 5.74) is 0. The number of unbranched alkanes of at least 4 members (excludes halogenated alkanes) is 23. The van der Waals surface area contributed by atoms with Crippen molar-refractivity contribution in [3.8, 4) is 0 Å². The van der Waals surface area contributed by atoms with E-state index in [1.54, 1.807) is 0 Å². The molecule has 1 rings (SSSR count). The minimum atomic E-state index is -1.54. The second-order valence-electron chi connectivity index (χ2n) is 16.9. The minimum absolute atomic E-state index is 0.121. The van der Waals surface area contributed by atoms with E-state index in [0.717, 1.165) is 70.6 Å². The SMILES string of the molecule is CC/C=C\C/C=C\C/C=C\CCCCCCCC(=O)OC(COCCCCCCCCCCCC/C=C\CCCCCCCCCC)COC1OC(CO)C(O)C(O)C1O. The van der Waals surface area contributed by atoms with Crippen molar-refractivity contribution in [1.82, 2.24) is 0 Å². The number of aliphatic hydroxyl groups is 4. The van der Waals surface area contributed by atoms with Crippen LogP contribution in [0.1, 0.15) is 206 Å². The van der Waals surface area contributed by atoms with Crippen LogP contribution in [0.25, 0.3) is 0 Å². The van der Waals surface area contributed by atoms with E-state index in [2.05, 4.69) is 62.5 Å². The van der Waals surface area contributed by atoms with Crippen LogP contribution >= 0.6 is 0 Å². The third-order valence-electron chi connectivity index (χ3n) is 11.2. The molecule has 0 aromatic rings. The number of ether oxygens (including phenoxy) is 4. The molecule has 0 amide bonds. The summed E-state index contributed by atoms with van der Waals surface area (Å²) < 4.78 is 22.8. The first kappa shape index (κ1) is 56.2. The summed E-state index contributed by atoms with van der Waals surface area (Å²) in [5, 5.41) is 40.2. The molecule has 4 N–H and O–H groups in total. The summed E-state index contributed by atoms with van der Waals surface area (Å²) in [6.07, 6.45) is 45.7. The zero-order chi connectivity index (χ0) is 43.6. The lowest BCUT2D eigenvalue weighted by molar-refractivity contribution is -0.305. The predicted octanol–water partition coefficient (Wildman–Crippen LogP) is 11.7. The van der Waals surface area contributed by atoms with Gasteiger partial charge in [-0.1, -0.05) is 178 Å². The van der Waals surface area contributed by atoms with Crippen LogP contribution in [-0.2, 0) is 23.7 Å². The highest BCUT2D eigenvalue weighted by molar-refractivity contribution is 5.69. The Labute approximate surface area is 367 Å². The van der Waals surface area contributed by atoms with Crippen LogP contribution < -0.4 is 0 Å². The molecule has 1 fully saturated rings. The zero-order valence-electron chi connectivity index (χ0n) is 38.5. The number of carbonyl (C=O) groups is 1. The molecule has 6 atom stereocenters. The highest BCUT2D eigenvalue weighted by Crippen LogP contribution is 2.23. The summed E-state index contributed by atoms with van der Waals surface area (Å²) in [5.74, 6) is -0.330. The molecule has 1 heterocycles. The molecule has 0 radical (unpaired) electrons. The lowest BCUT2D eigenvalue weighted by Gasteiger charge is -2.39. The number of hydrogen-bond donors (Lipinski definition) is 4. The smallest absolute Gasteiger partial charge is 0.306 e. The fourth-order valence-corrected chi connectivity index (χ4v) is 7.38. The number of hydrogen-bond acceptors (Lipinski definition) is 9. The highest BCUT2D eigenvalue weighted by Gasteiger charge is 2.44. The fraction of sp³-hybridized carbons (Fsp3) is 0.824. The van der Waals surface area contributed by atoms with E-state index in [9.17, 15) is 25.2 Å². The number of aliphatic hydroxyl groups excluding tert-OH is 4. The highest BCUT2D eigenvalue weighted by atomic mass is 16.7. The zero-order valence-corrected chi connectivity index (χ0v) is 38.5. The monoisotopic (exact) mass is 849 g/mol. The molecule has 1 saturated heterocycles. The van der Waals surface area contributed by atoms with Gasteiger partial charge in [-0.15, -0.1) is 0 Å². The van der Waals surface area contributed by atoms with E-state index in [1.165, 1.54) is 116 Å². The second kappa shape index (κ2) is 42.5. The molecule has 0 aromatic heterocycles. The Balaban J connectivity index is 2.21. The summed E-state index contributed by atoms with van der Waals surface area (Å²) in [6.45, 7) is 4.44. The third-order valence-corrected chi connectivity index (χ3v) is 11.2. The molecule has 1 aliphatic heterocycles. The Morgan fingerprint density at radius 1 is 0.550 bits per heavy atom. The van der Waals surface area contributed by atoms with Gasteiger partial charge in [-0.3, -0.25) is 4.79 Å². The van der Waals surface area contributed by atoms with Crippen LogP contribution in [0.4, 0.5) is 0 Å². The molecule has 6 unspecified atom stereocenters. The normalized spacial score (nSPS) is 20.4. The van der Waals surface area contributed by atoms with Crippen molar-refractivity contribution in [1.29, 1.82) is 0 Å². The molecular formula is C51H92O9. The van der Waals surface area contributed by atoms with Gasteiger partial charge in [0, 0.05) is 13.0 Å².